The summed E-state index contributed by atoms with van der Waals surface area (Å²) >= 11 is 0. The van der Waals surface area contributed by atoms with Crippen molar-refractivity contribution in [3.63, 3.8) is 0 Å². The number of hydrogen-bond donors (Lipinski definition) is 3. The first-order valence-electron chi connectivity index (χ1n) is 9.04. The summed E-state index contributed by atoms with van der Waals surface area (Å²) in [4.78, 5) is 38.0. The zero-order chi connectivity index (χ0) is 20.1. The maximum atomic E-state index is 12.8. The number of nitrogens with one attached hydrogen (secondary N) is 2. The molecular weight excluding hydrogens is 360 g/mol. The SMILES string of the molecule is C#C[C@H](CC(=O)O)NC(=O)Cn1ccc2ccc(N3CCNCC3)cc2c1=O. The van der Waals surface area contributed by atoms with E-state index in [0.717, 1.165) is 37.3 Å². The molecular formula is C20H22N4O4. The number of pyridine rings is 1. The number of amides is 1. The second-order valence-corrected chi connectivity index (χ2v) is 6.64. The number of nitrogens with zero attached hydrogens (tertiary/aromatic N) is 2. The Labute approximate surface area is 162 Å². The molecule has 1 aliphatic heterocycles. The van der Waals surface area contributed by atoms with Crippen molar-refractivity contribution in [3.8, 4) is 12.3 Å². The molecule has 0 saturated carbocycles. The van der Waals surface area contributed by atoms with E-state index in [1.54, 1.807) is 12.3 Å². The molecule has 146 valence electrons. The number of carboxylic acids is 1. The van der Waals surface area contributed by atoms with Crippen LogP contribution in [0.5, 0.6) is 0 Å². The molecule has 8 heteroatoms. The smallest absolute Gasteiger partial charge is 0.306 e. The first-order chi connectivity index (χ1) is 13.5. The molecule has 1 fully saturated rings. The van der Waals surface area contributed by atoms with Crippen LogP contribution >= 0.6 is 0 Å². The van der Waals surface area contributed by atoms with Crippen molar-refractivity contribution in [3.05, 3.63) is 40.8 Å². The van der Waals surface area contributed by atoms with Crippen LogP contribution < -0.4 is 21.1 Å². The second-order valence-electron chi connectivity index (χ2n) is 6.64. The largest absolute Gasteiger partial charge is 0.481 e. The highest BCUT2D eigenvalue weighted by Gasteiger charge is 2.15. The number of carbonyl (C=O) groups is 2. The number of terminal acetylenes is 1. The van der Waals surface area contributed by atoms with Crippen molar-refractivity contribution < 1.29 is 14.7 Å². The third kappa shape index (κ3) is 4.50. The van der Waals surface area contributed by atoms with Crippen LogP contribution in [0.4, 0.5) is 5.69 Å². The minimum Gasteiger partial charge on any atom is -0.481 e. The Balaban J connectivity index is 1.81. The van der Waals surface area contributed by atoms with Crippen LogP contribution in [0.3, 0.4) is 0 Å². The molecule has 2 aromatic rings. The molecule has 0 aliphatic carbocycles. The summed E-state index contributed by atoms with van der Waals surface area (Å²) in [5, 5.41) is 15.9. The van der Waals surface area contributed by atoms with Crippen molar-refractivity contribution in [2.75, 3.05) is 31.1 Å². The number of hydrogen-bond acceptors (Lipinski definition) is 5. The molecule has 1 aliphatic rings. The van der Waals surface area contributed by atoms with Crippen LogP contribution in [0, 0.1) is 12.3 Å². The lowest BCUT2D eigenvalue weighted by Crippen LogP contribution is -2.43. The van der Waals surface area contributed by atoms with E-state index in [0.29, 0.717) is 5.39 Å². The fraction of sp³-hybridized carbons (Fsp3) is 0.350. The van der Waals surface area contributed by atoms with E-state index in [9.17, 15) is 14.4 Å². The van der Waals surface area contributed by atoms with Gasteiger partial charge in [-0.2, -0.15) is 0 Å². The normalized spacial score (nSPS) is 15.0. The summed E-state index contributed by atoms with van der Waals surface area (Å²) in [5.74, 6) is 0.612. The molecule has 0 spiro atoms. The fourth-order valence-electron chi connectivity index (χ4n) is 3.23. The van der Waals surface area contributed by atoms with E-state index in [2.05, 4.69) is 21.5 Å². The van der Waals surface area contributed by atoms with Gasteiger partial charge in [0.15, 0.2) is 0 Å². The number of anilines is 1. The van der Waals surface area contributed by atoms with Crippen molar-refractivity contribution in [2.24, 2.45) is 0 Å². The second kappa shape index (κ2) is 8.59. The standard InChI is InChI=1S/C20H22N4O4/c1-2-15(11-19(26)27)22-18(25)13-24-8-5-14-3-4-16(12-17(14)20(24)28)23-9-6-21-7-10-23/h1,3-5,8,12,15,21H,6-7,9-11,13H2,(H,22,25)(H,26,27)/t15-/m1/s1. The van der Waals surface area contributed by atoms with Crippen molar-refractivity contribution in [1.29, 1.82) is 0 Å². The monoisotopic (exact) mass is 382 g/mol. The van der Waals surface area contributed by atoms with E-state index in [1.165, 1.54) is 4.57 Å². The quantitative estimate of drug-likeness (QED) is 0.608. The molecule has 2 heterocycles. The van der Waals surface area contributed by atoms with Crippen LogP contribution in [0.2, 0.25) is 0 Å². The fourth-order valence-corrected chi connectivity index (χ4v) is 3.23. The van der Waals surface area contributed by atoms with Gasteiger partial charge in [-0.15, -0.1) is 6.42 Å². The summed E-state index contributed by atoms with van der Waals surface area (Å²) in [6, 6.07) is 6.61. The highest BCUT2D eigenvalue weighted by atomic mass is 16.4. The van der Waals surface area contributed by atoms with E-state index in [-0.39, 0.29) is 18.5 Å². The highest BCUT2D eigenvalue weighted by molar-refractivity contribution is 5.85. The van der Waals surface area contributed by atoms with Crippen LogP contribution in [0.1, 0.15) is 6.42 Å². The number of carbonyl (C=O) groups excluding carboxylic acids is 1. The topological polar surface area (TPSA) is 104 Å². The minimum absolute atomic E-state index is 0.232. The molecule has 1 aromatic heterocycles. The van der Waals surface area contributed by atoms with E-state index in [1.807, 2.05) is 18.2 Å². The molecule has 0 bridgehead atoms. The number of rotatable bonds is 6. The van der Waals surface area contributed by atoms with Gasteiger partial charge in [0.05, 0.1) is 6.42 Å². The van der Waals surface area contributed by atoms with Crippen LogP contribution in [-0.2, 0) is 16.1 Å². The number of benzene rings is 1. The molecule has 28 heavy (non-hydrogen) atoms. The lowest BCUT2D eigenvalue weighted by Gasteiger charge is -2.29. The summed E-state index contributed by atoms with van der Waals surface area (Å²) < 4.78 is 1.30. The first kappa shape index (κ1) is 19.5. The number of aliphatic carboxylic acids is 1. The van der Waals surface area contributed by atoms with Crippen LogP contribution in [0.15, 0.2) is 35.3 Å². The molecule has 3 rings (SSSR count). The van der Waals surface area contributed by atoms with Gasteiger partial charge in [-0.05, 0) is 23.6 Å². The van der Waals surface area contributed by atoms with Crippen LogP contribution in [-0.4, -0.2) is 53.8 Å². The van der Waals surface area contributed by atoms with Gasteiger partial charge < -0.3 is 25.2 Å². The highest BCUT2D eigenvalue weighted by Crippen LogP contribution is 2.20. The maximum absolute atomic E-state index is 12.8. The van der Waals surface area contributed by atoms with Crippen molar-refractivity contribution in [1.82, 2.24) is 15.2 Å². The van der Waals surface area contributed by atoms with Gasteiger partial charge in [0, 0.05) is 43.4 Å². The molecule has 1 amide bonds. The average Bonchev–Trinajstić information content (AvgIpc) is 2.69. The van der Waals surface area contributed by atoms with Crippen molar-refractivity contribution in [2.45, 2.75) is 19.0 Å². The van der Waals surface area contributed by atoms with Gasteiger partial charge in [-0.3, -0.25) is 14.4 Å². The van der Waals surface area contributed by atoms with Gasteiger partial charge in [0.1, 0.15) is 12.6 Å². The van der Waals surface area contributed by atoms with Crippen LogP contribution in [0.25, 0.3) is 10.8 Å². The van der Waals surface area contributed by atoms with E-state index >= 15 is 0 Å². The summed E-state index contributed by atoms with van der Waals surface area (Å²) in [6.45, 7) is 3.29. The van der Waals surface area contributed by atoms with Gasteiger partial charge in [-0.25, -0.2) is 0 Å². The Bertz CT molecular complexity index is 986. The molecule has 1 aromatic carbocycles. The third-order valence-electron chi connectivity index (χ3n) is 4.67. The van der Waals surface area contributed by atoms with Gasteiger partial charge in [0.25, 0.3) is 5.56 Å². The zero-order valence-electron chi connectivity index (χ0n) is 15.4. The first-order valence-corrected chi connectivity index (χ1v) is 9.04. The molecule has 0 unspecified atom stereocenters. The summed E-state index contributed by atoms with van der Waals surface area (Å²) in [5.41, 5.74) is 0.697. The Morgan fingerprint density at radius 3 is 2.71 bits per heavy atom. The number of aromatic nitrogens is 1. The van der Waals surface area contributed by atoms with E-state index in [4.69, 9.17) is 11.5 Å². The molecule has 1 saturated heterocycles. The molecule has 0 radical (unpaired) electrons. The number of piperazine rings is 1. The summed E-state index contributed by atoms with van der Waals surface area (Å²) in [6.07, 6.45) is 6.43. The maximum Gasteiger partial charge on any atom is 0.306 e. The van der Waals surface area contributed by atoms with Gasteiger partial charge in [0.2, 0.25) is 5.91 Å². The Morgan fingerprint density at radius 1 is 1.29 bits per heavy atom. The van der Waals surface area contributed by atoms with Gasteiger partial charge >= 0.3 is 5.97 Å². The van der Waals surface area contributed by atoms with E-state index < -0.39 is 17.9 Å². The van der Waals surface area contributed by atoms with Gasteiger partial charge in [-0.1, -0.05) is 12.0 Å². The Morgan fingerprint density at radius 2 is 2.04 bits per heavy atom. The molecule has 3 N–H and O–H groups in total. The summed E-state index contributed by atoms with van der Waals surface area (Å²) in [7, 11) is 0. The van der Waals surface area contributed by atoms with Crippen molar-refractivity contribution >= 4 is 28.3 Å². The molecule has 8 nitrogen and oxygen atoms in total. The zero-order valence-corrected chi connectivity index (χ0v) is 15.4. The number of fused-ring (bicyclic) bond motifs is 1. The lowest BCUT2D eigenvalue weighted by molar-refractivity contribution is -0.137. The predicted molar refractivity (Wildman–Crippen MR) is 106 cm³/mol. The lowest BCUT2D eigenvalue weighted by atomic mass is 10.1. The third-order valence-corrected chi connectivity index (χ3v) is 4.67. The Hall–Kier alpha value is -3.31. The Kier molecular flexibility index (Phi) is 5.96. The molecule has 1 atom stereocenters. The predicted octanol–water partition coefficient (Wildman–Crippen LogP) is 0.00380. The minimum atomic E-state index is -1.11. The number of carboxylic acid groups (broad SMARTS) is 1. The average molecular weight is 382 g/mol.